The maximum absolute atomic E-state index is 4.53. The predicted octanol–water partition coefficient (Wildman–Crippen LogP) is 4.50. The molecule has 1 aromatic heterocycles. The van der Waals surface area contributed by atoms with E-state index in [1.165, 1.54) is 16.1 Å². The van der Waals surface area contributed by atoms with E-state index < -0.39 is 0 Å². The van der Waals surface area contributed by atoms with Gasteiger partial charge in [-0.3, -0.25) is 0 Å². The molecule has 0 aliphatic rings. The summed E-state index contributed by atoms with van der Waals surface area (Å²) in [6, 6.07) is 9.25. The summed E-state index contributed by atoms with van der Waals surface area (Å²) in [7, 11) is 0. The molecule has 0 saturated heterocycles. The molecule has 20 heavy (non-hydrogen) atoms. The number of benzene rings is 1. The van der Waals surface area contributed by atoms with Crippen LogP contribution in [0.25, 0.3) is 0 Å². The molecule has 1 unspecified atom stereocenters. The Morgan fingerprint density at radius 3 is 2.30 bits per heavy atom. The van der Waals surface area contributed by atoms with Crippen LogP contribution in [-0.4, -0.2) is 4.98 Å². The molecule has 0 fully saturated rings. The Bertz CT molecular complexity index is 528. The number of nitrogens with zero attached hydrogens (tertiary/aromatic N) is 1. The van der Waals surface area contributed by atoms with E-state index in [9.17, 15) is 0 Å². The molecule has 2 aromatic rings. The first-order chi connectivity index (χ1) is 9.54. The van der Waals surface area contributed by atoms with Crippen LogP contribution in [0.5, 0.6) is 0 Å². The molecule has 3 heteroatoms. The van der Waals surface area contributed by atoms with Gasteiger partial charge in [0.1, 0.15) is 5.01 Å². The number of hydrogen-bond acceptors (Lipinski definition) is 3. The molecule has 2 nitrogen and oxygen atoms in total. The predicted molar refractivity (Wildman–Crippen MR) is 87.1 cm³/mol. The fraction of sp³-hybridized carbons (Fsp3) is 0.471. The molecule has 0 saturated carbocycles. The molecule has 0 amide bonds. The summed E-state index contributed by atoms with van der Waals surface area (Å²) in [5.41, 5.74) is 3.86. The lowest BCUT2D eigenvalue weighted by Gasteiger charge is -2.12. The number of nitrogens with one attached hydrogen (secondary N) is 1. The van der Waals surface area contributed by atoms with E-state index in [2.05, 4.69) is 60.7 Å². The average molecular weight is 288 g/mol. The van der Waals surface area contributed by atoms with Crippen molar-refractivity contribution in [1.82, 2.24) is 10.3 Å². The van der Waals surface area contributed by atoms with Crippen LogP contribution in [-0.2, 0) is 13.0 Å². The summed E-state index contributed by atoms with van der Waals surface area (Å²) in [5, 5.41) is 6.81. The number of aryl methyl sites for hydroxylation is 1. The Morgan fingerprint density at radius 1 is 1.10 bits per heavy atom. The molecule has 1 N–H and O–H groups in total. The van der Waals surface area contributed by atoms with Gasteiger partial charge >= 0.3 is 0 Å². The number of aromatic nitrogens is 1. The molecular formula is C17H24N2S. The third-order valence-corrected chi connectivity index (χ3v) is 4.43. The van der Waals surface area contributed by atoms with E-state index in [0.717, 1.165) is 18.7 Å². The highest BCUT2D eigenvalue weighted by atomic mass is 32.1. The van der Waals surface area contributed by atoms with Crippen LogP contribution in [0.4, 0.5) is 0 Å². The van der Waals surface area contributed by atoms with E-state index >= 15 is 0 Å². The summed E-state index contributed by atoms with van der Waals surface area (Å²) >= 11 is 1.73. The van der Waals surface area contributed by atoms with Gasteiger partial charge in [0.15, 0.2) is 0 Å². The largest absolute Gasteiger partial charge is 0.304 e. The van der Waals surface area contributed by atoms with Crippen molar-refractivity contribution in [2.45, 2.75) is 46.7 Å². The Hall–Kier alpha value is -1.19. The number of thiazole rings is 1. The molecule has 0 bridgehead atoms. The highest BCUT2D eigenvalue weighted by Crippen LogP contribution is 2.18. The van der Waals surface area contributed by atoms with Crippen LogP contribution in [0, 0.1) is 12.8 Å². The average Bonchev–Trinajstić information content (AvgIpc) is 2.84. The second-order valence-electron chi connectivity index (χ2n) is 5.84. The Balaban J connectivity index is 1.87. The standard InChI is InChI=1S/C17H24N2S/c1-12(2)9-15-5-7-16(8-6-15)10-18-14(4)17-19-13(3)11-20-17/h5-8,11-12,14,18H,9-10H2,1-4H3. The number of rotatable bonds is 6. The van der Waals surface area contributed by atoms with E-state index in [1.807, 2.05) is 6.92 Å². The van der Waals surface area contributed by atoms with Crippen LogP contribution < -0.4 is 5.32 Å². The molecule has 0 aliphatic heterocycles. The zero-order chi connectivity index (χ0) is 14.5. The highest BCUT2D eigenvalue weighted by Gasteiger charge is 2.08. The van der Waals surface area contributed by atoms with Crippen molar-refractivity contribution in [3.63, 3.8) is 0 Å². The van der Waals surface area contributed by atoms with Gasteiger partial charge in [-0.1, -0.05) is 38.1 Å². The van der Waals surface area contributed by atoms with Gasteiger partial charge in [-0.2, -0.15) is 0 Å². The summed E-state index contributed by atoms with van der Waals surface area (Å²) < 4.78 is 0. The maximum Gasteiger partial charge on any atom is 0.110 e. The minimum atomic E-state index is 0.309. The monoisotopic (exact) mass is 288 g/mol. The van der Waals surface area contributed by atoms with Gasteiger partial charge in [0.2, 0.25) is 0 Å². The normalized spacial score (nSPS) is 12.8. The van der Waals surface area contributed by atoms with E-state index in [4.69, 9.17) is 0 Å². The summed E-state index contributed by atoms with van der Waals surface area (Å²) in [4.78, 5) is 4.53. The lowest BCUT2D eigenvalue weighted by molar-refractivity contribution is 0.571. The van der Waals surface area contributed by atoms with E-state index in [1.54, 1.807) is 11.3 Å². The second kappa shape index (κ2) is 7.00. The summed E-state index contributed by atoms with van der Waals surface area (Å²) in [5.74, 6) is 0.715. The minimum Gasteiger partial charge on any atom is -0.304 e. The van der Waals surface area contributed by atoms with Crippen molar-refractivity contribution in [3.8, 4) is 0 Å². The molecule has 1 aromatic carbocycles. The zero-order valence-electron chi connectivity index (χ0n) is 12.8. The van der Waals surface area contributed by atoms with Gasteiger partial charge in [0, 0.05) is 17.6 Å². The molecule has 108 valence electrons. The van der Waals surface area contributed by atoms with Gasteiger partial charge in [-0.25, -0.2) is 4.98 Å². The number of hydrogen-bond donors (Lipinski definition) is 1. The Labute approximate surface area is 126 Å². The molecule has 0 radical (unpaired) electrons. The third kappa shape index (κ3) is 4.43. The molecule has 1 atom stereocenters. The lowest BCUT2D eigenvalue weighted by atomic mass is 10.0. The highest BCUT2D eigenvalue weighted by molar-refractivity contribution is 7.09. The van der Waals surface area contributed by atoms with Gasteiger partial charge < -0.3 is 5.32 Å². The van der Waals surface area contributed by atoms with Crippen LogP contribution >= 0.6 is 11.3 Å². The van der Waals surface area contributed by atoms with E-state index in [-0.39, 0.29) is 0 Å². The van der Waals surface area contributed by atoms with Crippen molar-refractivity contribution in [3.05, 3.63) is 51.5 Å². The second-order valence-corrected chi connectivity index (χ2v) is 6.73. The summed E-state index contributed by atoms with van der Waals surface area (Å²) in [6.45, 7) is 9.62. The van der Waals surface area contributed by atoms with Crippen molar-refractivity contribution >= 4 is 11.3 Å². The summed E-state index contributed by atoms with van der Waals surface area (Å²) in [6.07, 6.45) is 1.16. The minimum absolute atomic E-state index is 0.309. The van der Waals surface area contributed by atoms with Gasteiger partial charge in [-0.05, 0) is 37.3 Å². The van der Waals surface area contributed by atoms with Crippen LogP contribution in [0.15, 0.2) is 29.6 Å². The fourth-order valence-electron chi connectivity index (χ4n) is 2.19. The van der Waals surface area contributed by atoms with Crippen LogP contribution in [0.3, 0.4) is 0 Å². The van der Waals surface area contributed by atoms with Gasteiger partial charge in [-0.15, -0.1) is 11.3 Å². The molecule has 2 rings (SSSR count). The Kier molecular flexibility index (Phi) is 5.32. The third-order valence-electron chi connectivity index (χ3n) is 3.29. The van der Waals surface area contributed by atoms with E-state index in [0.29, 0.717) is 12.0 Å². The first-order valence-electron chi connectivity index (χ1n) is 7.28. The SMILES string of the molecule is Cc1csc(C(C)NCc2ccc(CC(C)C)cc2)n1. The quantitative estimate of drug-likeness (QED) is 0.846. The Morgan fingerprint density at radius 2 is 1.75 bits per heavy atom. The van der Waals surface area contributed by atoms with Crippen molar-refractivity contribution in [1.29, 1.82) is 0 Å². The van der Waals surface area contributed by atoms with Gasteiger partial charge in [0.05, 0.1) is 6.04 Å². The van der Waals surface area contributed by atoms with Crippen molar-refractivity contribution in [2.75, 3.05) is 0 Å². The molecule has 0 aliphatic carbocycles. The first kappa shape index (κ1) is 15.2. The van der Waals surface area contributed by atoms with Crippen LogP contribution in [0.2, 0.25) is 0 Å². The van der Waals surface area contributed by atoms with Gasteiger partial charge in [0.25, 0.3) is 0 Å². The molecule has 0 spiro atoms. The smallest absolute Gasteiger partial charge is 0.110 e. The molecule has 1 heterocycles. The topological polar surface area (TPSA) is 24.9 Å². The van der Waals surface area contributed by atoms with Crippen molar-refractivity contribution in [2.24, 2.45) is 5.92 Å². The fourth-order valence-corrected chi connectivity index (χ4v) is 3.02. The lowest BCUT2D eigenvalue weighted by Crippen LogP contribution is -2.17. The van der Waals surface area contributed by atoms with Crippen LogP contribution in [0.1, 0.15) is 48.6 Å². The maximum atomic E-state index is 4.53. The first-order valence-corrected chi connectivity index (χ1v) is 8.16. The van der Waals surface area contributed by atoms with Crippen molar-refractivity contribution < 1.29 is 0 Å². The molecular weight excluding hydrogens is 264 g/mol. The zero-order valence-corrected chi connectivity index (χ0v) is 13.6.